The second-order valence-corrected chi connectivity index (χ2v) is 5.34. The van der Waals surface area contributed by atoms with Gasteiger partial charge in [-0.25, -0.2) is 4.98 Å². The Morgan fingerprint density at radius 2 is 2.16 bits per heavy atom. The zero-order valence-corrected chi connectivity index (χ0v) is 12.6. The smallest absolute Gasteiger partial charge is 0.271 e. The Morgan fingerprint density at radius 3 is 2.84 bits per heavy atom. The zero-order chi connectivity index (χ0) is 14.3. The first kappa shape index (κ1) is 16.2. The number of hydrogen-bond donors (Lipinski definition) is 1. The van der Waals surface area contributed by atoms with Gasteiger partial charge in [-0.15, -0.1) is 0 Å². The minimum Gasteiger partial charge on any atom is -0.381 e. The molecule has 1 heterocycles. The predicted molar refractivity (Wildman–Crippen MR) is 76.9 cm³/mol. The number of rotatable bonds is 7. The fourth-order valence-corrected chi connectivity index (χ4v) is 1.70. The lowest BCUT2D eigenvalue weighted by atomic mass is 10.2. The summed E-state index contributed by atoms with van der Waals surface area (Å²) in [6.07, 6.45) is 0.747. The lowest BCUT2D eigenvalue weighted by molar-refractivity contribution is 0.0921. The van der Waals surface area contributed by atoms with E-state index in [-0.39, 0.29) is 21.8 Å². The van der Waals surface area contributed by atoms with E-state index in [4.69, 9.17) is 27.9 Å². The molecule has 0 aromatic carbocycles. The molecule has 4 nitrogen and oxygen atoms in total. The van der Waals surface area contributed by atoms with Gasteiger partial charge in [-0.05, 0) is 24.5 Å². The average Bonchev–Trinajstić information content (AvgIpc) is 2.36. The maximum atomic E-state index is 11.8. The molecule has 19 heavy (non-hydrogen) atoms. The summed E-state index contributed by atoms with van der Waals surface area (Å²) in [5.41, 5.74) is 0.150. The van der Waals surface area contributed by atoms with Gasteiger partial charge >= 0.3 is 0 Å². The maximum Gasteiger partial charge on any atom is 0.271 e. The van der Waals surface area contributed by atoms with E-state index in [0.29, 0.717) is 19.1 Å². The van der Waals surface area contributed by atoms with Gasteiger partial charge in [0.1, 0.15) is 10.8 Å². The van der Waals surface area contributed by atoms with Gasteiger partial charge in [-0.3, -0.25) is 4.79 Å². The molecule has 0 saturated carbocycles. The van der Waals surface area contributed by atoms with E-state index in [2.05, 4.69) is 24.1 Å². The summed E-state index contributed by atoms with van der Waals surface area (Å²) in [4.78, 5) is 15.7. The fourth-order valence-electron chi connectivity index (χ4n) is 1.36. The molecule has 0 atom stereocenters. The molecule has 0 aliphatic rings. The van der Waals surface area contributed by atoms with Gasteiger partial charge in [0.2, 0.25) is 0 Å². The van der Waals surface area contributed by atoms with Gasteiger partial charge in [0.05, 0.1) is 5.02 Å². The number of hydrogen-bond acceptors (Lipinski definition) is 3. The molecule has 1 N–H and O–H groups in total. The molecular formula is C13H18Cl2N2O2. The van der Waals surface area contributed by atoms with Crippen LogP contribution in [0.5, 0.6) is 0 Å². The summed E-state index contributed by atoms with van der Waals surface area (Å²) in [6.45, 7) is 6.05. The topological polar surface area (TPSA) is 51.2 Å². The number of nitrogens with zero attached hydrogens (tertiary/aromatic N) is 1. The van der Waals surface area contributed by atoms with E-state index in [9.17, 15) is 4.79 Å². The average molecular weight is 305 g/mol. The molecule has 1 rings (SSSR count). The van der Waals surface area contributed by atoms with Crippen LogP contribution in [-0.4, -0.2) is 30.6 Å². The van der Waals surface area contributed by atoms with Crippen molar-refractivity contribution >= 4 is 29.1 Å². The highest BCUT2D eigenvalue weighted by Gasteiger charge is 2.12. The van der Waals surface area contributed by atoms with Crippen LogP contribution in [0.2, 0.25) is 10.2 Å². The van der Waals surface area contributed by atoms with Gasteiger partial charge in [0, 0.05) is 19.8 Å². The molecule has 6 heteroatoms. The Bertz CT molecular complexity index is 425. The largest absolute Gasteiger partial charge is 0.381 e. The maximum absolute atomic E-state index is 11.8. The van der Waals surface area contributed by atoms with Crippen molar-refractivity contribution in [1.29, 1.82) is 0 Å². The molecule has 1 aromatic heterocycles. The van der Waals surface area contributed by atoms with Gasteiger partial charge in [-0.1, -0.05) is 37.0 Å². The number of carbonyl (C=O) groups excluding carboxylic acids is 1. The highest BCUT2D eigenvalue weighted by atomic mass is 35.5. The van der Waals surface area contributed by atoms with E-state index in [0.717, 1.165) is 13.0 Å². The zero-order valence-electron chi connectivity index (χ0n) is 11.1. The minimum absolute atomic E-state index is 0.150. The third-order valence-corrected chi connectivity index (χ3v) is 2.74. The summed E-state index contributed by atoms with van der Waals surface area (Å²) in [7, 11) is 0. The van der Waals surface area contributed by atoms with Gasteiger partial charge in [0.15, 0.2) is 0 Å². The third-order valence-electron chi connectivity index (χ3n) is 2.23. The Balaban J connectivity index is 2.29. The second-order valence-electron chi connectivity index (χ2n) is 4.54. The Kier molecular flexibility index (Phi) is 7.13. The van der Waals surface area contributed by atoms with Crippen molar-refractivity contribution in [3.05, 3.63) is 28.0 Å². The molecule has 0 saturated heterocycles. The van der Waals surface area contributed by atoms with Crippen LogP contribution in [0.1, 0.15) is 30.8 Å². The van der Waals surface area contributed by atoms with Crippen molar-refractivity contribution in [3.8, 4) is 0 Å². The Morgan fingerprint density at radius 1 is 1.42 bits per heavy atom. The molecule has 0 fully saturated rings. The lowest BCUT2D eigenvalue weighted by Gasteiger charge is -2.08. The predicted octanol–water partition coefficient (Wildman–Crippen LogP) is 3.18. The van der Waals surface area contributed by atoms with E-state index < -0.39 is 0 Å². The van der Waals surface area contributed by atoms with Crippen molar-refractivity contribution in [2.24, 2.45) is 5.92 Å². The highest BCUT2D eigenvalue weighted by molar-refractivity contribution is 6.34. The first-order chi connectivity index (χ1) is 9.00. The summed E-state index contributed by atoms with van der Waals surface area (Å²) >= 11 is 11.6. The first-order valence-electron chi connectivity index (χ1n) is 6.18. The second kappa shape index (κ2) is 8.35. The number of halogens is 2. The van der Waals surface area contributed by atoms with Crippen molar-refractivity contribution in [1.82, 2.24) is 10.3 Å². The number of amides is 1. The molecular weight excluding hydrogens is 287 g/mol. The van der Waals surface area contributed by atoms with Gasteiger partial charge in [-0.2, -0.15) is 0 Å². The van der Waals surface area contributed by atoms with E-state index in [1.165, 1.54) is 0 Å². The highest BCUT2D eigenvalue weighted by Crippen LogP contribution is 2.16. The molecule has 1 amide bonds. The van der Waals surface area contributed by atoms with Crippen LogP contribution in [0.15, 0.2) is 12.1 Å². The normalized spacial score (nSPS) is 10.8. The standard InChI is InChI=1S/C13H18Cl2N2O2/c1-9(2)8-19-7-3-6-16-13(18)12-10(14)4-5-11(15)17-12/h4-5,9H,3,6-8H2,1-2H3,(H,16,18). The first-order valence-corrected chi connectivity index (χ1v) is 6.94. The van der Waals surface area contributed by atoms with Crippen LogP contribution in [0, 0.1) is 5.92 Å². The van der Waals surface area contributed by atoms with Crippen molar-refractivity contribution in [2.45, 2.75) is 20.3 Å². The number of ether oxygens (including phenoxy) is 1. The van der Waals surface area contributed by atoms with Gasteiger partial charge < -0.3 is 10.1 Å². The van der Waals surface area contributed by atoms with Gasteiger partial charge in [0.25, 0.3) is 5.91 Å². The number of pyridine rings is 1. The Labute approximate surface area is 123 Å². The molecule has 106 valence electrons. The molecule has 0 bridgehead atoms. The van der Waals surface area contributed by atoms with Crippen molar-refractivity contribution < 1.29 is 9.53 Å². The number of nitrogens with one attached hydrogen (secondary N) is 1. The summed E-state index contributed by atoms with van der Waals surface area (Å²) in [5.74, 6) is 0.195. The molecule has 0 unspecified atom stereocenters. The molecule has 0 aliphatic heterocycles. The monoisotopic (exact) mass is 304 g/mol. The van der Waals surface area contributed by atoms with Crippen LogP contribution < -0.4 is 5.32 Å². The fraction of sp³-hybridized carbons (Fsp3) is 0.538. The van der Waals surface area contributed by atoms with Crippen LogP contribution in [0.4, 0.5) is 0 Å². The number of aromatic nitrogens is 1. The quantitative estimate of drug-likeness (QED) is 0.622. The molecule has 0 aliphatic carbocycles. The van der Waals surface area contributed by atoms with E-state index in [1.807, 2.05) is 0 Å². The molecule has 0 radical (unpaired) electrons. The van der Waals surface area contributed by atoms with Crippen LogP contribution in [0.25, 0.3) is 0 Å². The summed E-state index contributed by atoms with van der Waals surface area (Å²) in [5, 5.41) is 3.27. The number of carbonyl (C=O) groups is 1. The van der Waals surface area contributed by atoms with Crippen molar-refractivity contribution in [2.75, 3.05) is 19.8 Å². The summed E-state index contributed by atoms with van der Waals surface area (Å²) < 4.78 is 5.41. The Hall–Kier alpha value is -0.840. The summed E-state index contributed by atoms with van der Waals surface area (Å²) in [6, 6.07) is 3.10. The van der Waals surface area contributed by atoms with Crippen molar-refractivity contribution in [3.63, 3.8) is 0 Å². The van der Waals surface area contributed by atoms with E-state index >= 15 is 0 Å². The van der Waals surface area contributed by atoms with Crippen LogP contribution in [0.3, 0.4) is 0 Å². The SMILES string of the molecule is CC(C)COCCCNC(=O)c1nc(Cl)ccc1Cl. The van der Waals surface area contributed by atoms with Crippen LogP contribution in [-0.2, 0) is 4.74 Å². The lowest BCUT2D eigenvalue weighted by Crippen LogP contribution is -2.26. The molecule has 1 aromatic rings. The third kappa shape index (κ3) is 6.23. The van der Waals surface area contributed by atoms with E-state index in [1.54, 1.807) is 12.1 Å². The minimum atomic E-state index is -0.323. The van der Waals surface area contributed by atoms with Crippen LogP contribution >= 0.6 is 23.2 Å². The molecule has 0 spiro atoms.